The molecule has 2 aliphatic rings. The third-order valence-corrected chi connectivity index (χ3v) is 4.62. The fourth-order valence-corrected chi connectivity index (χ4v) is 2.52. The predicted molar refractivity (Wildman–Crippen MR) is 79.6 cm³/mol. The third-order valence-electron chi connectivity index (χ3n) is 4.62. The second-order valence-corrected chi connectivity index (χ2v) is 6.61. The van der Waals surface area contributed by atoms with Gasteiger partial charge in [0, 0.05) is 37.0 Å². The van der Waals surface area contributed by atoms with E-state index in [0.29, 0.717) is 6.04 Å². The molecule has 1 aromatic rings. The Morgan fingerprint density at radius 2 is 1.95 bits per heavy atom. The van der Waals surface area contributed by atoms with E-state index in [0.717, 1.165) is 24.8 Å². The lowest BCUT2D eigenvalue weighted by atomic mass is 9.82. The lowest BCUT2D eigenvalue weighted by Gasteiger charge is -2.32. The van der Waals surface area contributed by atoms with E-state index in [9.17, 15) is 0 Å². The van der Waals surface area contributed by atoms with Gasteiger partial charge in [-0.3, -0.25) is 9.67 Å². The number of hydrogen-bond acceptors (Lipinski definition) is 4. The van der Waals surface area contributed by atoms with Crippen molar-refractivity contribution >= 4 is 18.8 Å². The molecule has 0 N–H and O–H groups in total. The Kier molecular flexibility index (Phi) is 3.25. The Hall–Kier alpha value is -1.14. The maximum Gasteiger partial charge on any atom is 0.498 e. The Morgan fingerprint density at radius 3 is 2.55 bits per heavy atom. The van der Waals surface area contributed by atoms with Gasteiger partial charge in [0.05, 0.1) is 17.2 Å². The monoisotopic (exact) mass is 275 g/mol. The zero-order valence-electron chi connectivity index (χ0n) is 12.7. The highest BCUT2D eigenvalue weighted by atomic mass is 16.7. The van der Waals surface area contributed by atoms with Crippen molar-refractivity contribution in [1.82, 2.24) is 9.78 Å². The lowest BCUT2D eigenvalue weighted by molar-refractivity contribution is 0.00578. The van der Waals surface area contributed by atoms with Crippen molar-refractivity contribution in [3.8, 4) is 0 Å². The van der Waals surface area contributed by atoms with Gasteiger partial charge in [0.2, 0.25) is 0 Å². The van der Waals surface area contributed by atoms with Crippen LogP contribution in [-0.4, -0.2) is 40.9 Å². The molecule has 6 heteroatoms. The van der Waals surface area contributed by atoms with Crippen molar-refractivity contribution < 1.29 is 9.31 Å². The van der Waals surface area contributed by atoms with Gasteiger partial charge in [-0.1, -0.05) is 0 Å². The molecule has 1 saturated heterocycles. The van der Waals surface area contributed by atoms with Crippen LogP contribution in [0.3, 0.4) is 0 Å². The van der Waals surface area contributed by atoms with E-state index in [-0.39, 0.29) is 18.3 Å². The highest BCUT2D eigenvalue weighted by molar-refractivity contribution is 6.62. The molecule has 0 saturated carbocycles. The third kappa shape index (κ3) is 2.31. The number of aromatic nitrogens is 2. The van der Waals surface area contributed by atoms with Crippen molar-refractivity contribution in [2.45, 2.75) is 57.8 Å². The number of nitrogens with zero attached hydrogens (tertiary/aromatic N) is 3. The van der Waals surface area contributed by atoms with Crippen LogP contribution in [-0.2, 0) is 9.31 Å². The molecule has 3 rings (SSSR count). The van der Waals surface area contributed by atoms with Crippen molar-refractivity contribution in [2.75, 3.05) is 6.54 Å². The van der Waals surface area contributed by atoms with Crippen LogP contribution >= 0.6 is 0 Å². The first-order chi connectivity index (χ1) is 9.39. The maximum absolute atomic E-state index is 6.05. The summed E-state index contributed by atoms with van der Waals surface area (Å²) in [6.07, 6.45) is 7.88. The first-order valence-electron chi connectivity index (χ1n) is 7.27. The molecule has 0 bridgehead atoms. The van der Waals surface area contributed by atoms with E-state index in [1.165, 1.54) is 0 Å². The zero-order chi connectivity index (χ0) is 14.4. The van der Waals surface area contributed by atoms with E-state index in [4.69, 9.17) is 9.31 Å². The van der Waals surface area contributed by atoms with Crippen LogP contribution in [0, 0.1) is 0 Å². The molecule has 0 radical (unpaired) electrons. The second-order valence-electron chi connectivity index (χ2n) is 6.61. The Labute approximate surface area is 120 Å². The van der Waals surface area contributed by atoms with Gasteiger partial charge < -0.3 is 9.31 Å². The van der Waals surface area contributed by atoms with E-state index in [1.54, 1.807) is 0 Å². The quantitative estimate of drug-likeness (QED) is 0.770. The van der Waals surface area contributed by atoms with Crippen molar-refractivity contribution in [3.05, 3.63) is 12.4 Å². The molecule has 0 amide bonds. The molecule has 1 fully saturated rings. The highest BCUT2D eigenvalue weighted by Crippen LogP contribution is 2.36. The molecule has 5 nitrogen and oxygen atoms in total. The zero-order valence-corrected chi connectivity index (χ0v) is 12.7. The van der Waals surface area contributed by atoms with Crippen molar-refractivity contribution in [2.24, 2.45) is 4.99 Å². The van der Waals surface area contributed by atoms with Gasteiger partial charge in [-0.05, 0) is 34.1 Å². The Morgan fingerprint density at radius 1 is 1.25 bits per heavy atom. The normalized spacial score (nSPS) is 28.0. The average Bonchev–Trinajstić information content (AvgIpc) is 2.94. The molecule has 0 aliphatic carbocycles. The topological polar surface area (TPSA) is 48.6 Å². The SMILES string of the molecule is CC1(C)OB(c2cnn(C3CC=NCC3)c2)OC1(C)C. The van der Waals surface area contributed by atoms with Gasteiger partial charge in [0.1, 0.15) is 0 Å². The van der Waals surface area contributed by atoms with Gasteiger partial charge in [0.15, 0.2) is 0 Å². The molecule has 0 aromatic carbocycles. The maximum atomic E-state index is 6.05. The minimum atomic E-state index is -0.328. The van der Waals surface area contributed by atoms with Crippen LogP contribution in [0.1, 0.15) is 46.6 Å². The van der Waals surface area contributed by atoms with E-state index < -0.39 is 0 Å². The van der Waals surface area contributed by atoms with Crippen LogP contribution in [0.5, 0.6) is 0 Å². The van der Waals surface area contributed by atoms with Crippen LogP contribution in [0.25, 0.3) is 0 Å². The summed E-state index contributed by atoms with van der Waals surface area (Å²) in [5.74, 6) is 0. The van der Waals surface area contributed by atoms with Crippen LogP contribution in [0.15, 0.2) is 17.4 Å². The number of rotatable bonds is 2. The molecule has 1 aromatic heterocycles. The van der Waals surface area contributed by atoms with Gasteiger partial charge in [-0.15, -0.1) is 0 Å². The van der Waals surface area contributed by atoms with Gasteiger partial charge in [-0.25, -0.2) is 0 Å². The first-order valence-corrected chi connectivity index (χ1v) is 7.27. The molecule has 20 heavy (non-hydrogen) atoms. The fraction of sp³-hybridized carbons (Fsp3) is 0.714. The molecule has 3 heterocycles. The number of hydrogen-bond donors (Lipinski definition) is 0. The average molecular weight is 275 g/mol. The van der Waals surface area contributed by atoms with E-state index in [2.05, 4.69) is 37.8 Å². The van der Waals surface area contributed by atoms with E-state index >= 15 is 0 Å². The molecule has 1 unspecified atom stereocenters. The standard InChI is InChI=1S/C14H22BN3O2/c1-13(2)14(3,4)20-15(19-13)11-9-17-18(10-11)12-5-7-16-8-6-12/h7,9-10,12H,5-6,8H2,1-4H3. The van der Waals surface area contributed by atoms with Gasteiger partial charge in [0.25, 0.3) is 0 Å². The summed E-state index contributed by atoms with van der Waals surface area (Å²) in [7, 11) is -0.328. The summed E-state index contributed by atoms with van der Waals surface area (Å²) in [4.78, 5) is 4.26. The molecule has 0 spiro atoms. The number of aliphatic imine (C=N–C) groups is 1. The summed E-state index contributed by atoms with van der Waals surface area (Å²) in [6.45, 7) is 9.14. The van der Waals surface area contributed by atoms with E-state index in [1.807, 2.05) is 23.3 Å². The minimum absolute atomic E-state index is 0.308. The summed E-state index contributed by atoms with van der Waals surface area (Å²) in [6, 6.07) is 0.406. The van der Waals surface area contributed by atoms with Crippen LogP contribution < -0.4 is 5.46 Å². The summed E-state index contributed by atoms with van der Waals surface area (Å²) < 4.78 is 14.1. The van der Waals surface area contributed by atoms with Gasteiger partial charge in [-0.2, -0.15) is 5.10 Å². The highest BCUT2D eigenvalue weighted by Gasteiger charge is 2.52. The second kappa shape index (κ2) is 4.70. The Bertz CT molecular complexity index is 508. The molecule has 1 atom stereocenters. The summed E-state index contributed by atoms with van der Waals surface area (Å²) in [5.41, 5.74) is 0.375. The summed E-state index contributed by atoms with van der Waals surface area (Å²) in [5, 5.41) is 4.47. The van der Waals surface area contributed by atoms with Gasteiger partial charge >= 0.3 is 7.12 Å². The fourth-order valence-electron chi connectivity index (χ4n) is 2.52. The van der Waals surface area contributed by atoms with Crippen molar-refractivity contribution in [1.29, 1.82) is 0 Å². The predicted octanol–water partition coefficient (Wildman–Crippen LogP) is 1.59. The largest absolute Gasteiger partial charge is 0.498 e. The lowest BCUT2D eigenvalue weighted by Crippen LogP contribution is -2.41. The van der Waals surface area contributed by atoms with Crippen LogP contribution in [0.4, 0.5) is 0 Å². The minimum Gasteiger partial charge on any atom is -0.399 e. The first kappa shape index (κ1) is 13.8. The van der Waals surface area contributed by atoms with Crippen LogP contribution in [0.2, 0.25) is 0 Å². The van der Waals surface area contributed by atoms with Crippen molar-refractivity contribution in [3.63, 3.8) is 0 Å². The molecular weight excluding hydrogens is 253 g/mol. The molecular formula is C14H22BN3O2. The molecule has 2 aliphatic heterocycles. The Balaban J connectivity index is 1.76. The summed E-state index contributed by atoms with van der Waals surface area (Å²) >= 11 is 0. The smallest absolute Gasteiger partial charge is 0.399 e. The molecule has 108 valence electrons.